The van der Waals surface area contributed by atoms with E-state index in [4.69, 9.17) is 18.9 Å². The lowest BCUT2D eigenvalue weighted by atomic mass is 10.0. The molecule has 0 aromatic heterocycles. The first-order valence-corrected chi connectivity index (χ1v) is 12.0. The molecule has 0 amide bonds. The van der Waals surface area contributed by atoms with E-state index >= 15 is 0 Å². The number of anilines is 2. The van der Waals surface area contributed by atoms with E-state index in [2.05, 4.69) is 12.1 Å². The molecule has 0 radical (unpaired) electrons. The summed E-state index contributed by atoms with van der Waals surface area (Å²) in [6.07, 6.45) is 2.34. The second-order valence-electron chi connectivity index (χ2n) is 8.65. The first kappa shape index (κ1) is 25.9. The maximum Gasteiger partial charge on any atom is 0.519 e. The summed E-state index contributed by atoms with van der Waals surface area (Å²) in [7, 11) is 2.65. The number of hydrogen-bond acceptors (Lipinski definition) is 11. The van der Waals surface area contributed by atoms with E-state index in [1.807, 2.05) is 21.9 Å². The third-order valence-corrected chi connectivity index (χ3v) is 6.56. The Labute approximate surface area is 220 Å². The molecule has 2 aliphatic heterocycles. The fourth-order valence-corrected chi connectivity index (χ4v) is 4.87. The number of ether oxygens (including phenoxy) is 4. The SMILES string of the molecule is COc1cc(C#N)c(N2CCCC2)c(C#N)c1OC(=O)Oc1c(OC)cc(C#N)c(N2CCCC2)c1C#N. The lowest BCUT2D eigenvalue weighted by Crippen LogP contribution is -2.23. The average Bonchev–Trinajstić information content (AvgIpc) is 3.67. The molecule has 0 aliphatic carbocycles. The van der Waals surface area contributed by atoms with Crippen molar-refractivity contribution in [1.82, 2.24) is 0 Å². The van der Waals surface area contributed by atoms with Gasteiger partial charge in [-0.1, -0.05) is 0 Å². The predicted molar refractivity (Wildman–Crippen MR) is 134 cm³/mol. The fourth-order valence-electron chi connectivity index (χ4n) is 4.87. The summed E-state index contributed by atoms with van der Waals surface area (Å²) in [5.41, 5.74) is 1.09. The van der Waals surface area contributed by atoms with Gasteiger partial charge in [0.15, 0.2) is 23.0 Å². The van der Waals surface area contributed by atoms with Gasteiger partial charge >= 0.3 is 6.16 Å². The molecule has 0 spiro atoms. The lowest BCUT2D eigenvalue weighted by Gasteiger charge is -2.24. The molecular weight excluding hydrogens is 488 g/mol. The van der Waals surface area contributed by atoms with Gasteiger partial charge in [-0.3, -0.25) is 0 Å². The number of rotatable bonds is 6. The second-order valence-corrected chi connectivity index (χ2v) is 8.65. The number of nitrogens with zero attached hydrogens (tertiary/aromatic N) is 6. The van der Waals surface area contributed by atoms with Crippen LogP contribution in [0.25, 0.3) is 0 Å². The van der Waals surface area contributed by atoms with Gasteiger partial charge in [0.2, 0.25) is 0 Å². The van der Waals surface area contributed by atoms with E-state index in [-0.39, 0.29) is 45.3 Å². The number of benzene rings is 2. The van der Waals surface area contributed by atoms with E-state index in [0.29, 0.717) is 37.6 Å². The Kier molecular flexibility index (Phi) is 7.71. The fraction of sp³-hybridized carbons (Fsp3) is 0.370. The van der Waals surface area contributed by atoms with Gasteiger partial charge in [-0.25, -0.2) is 4.79 Å². The number of hydrogen-bond donors (Lipinski definition) is 0. The van der Waals surface area contributed by atoms with Gasteiger partial charge in [-0.15, -0.1) is 0 Å². The van der Waals surface area contributed by atoms with Crippen LogP contribution >= 0.6 is 0 Å². The van der Waals surface area contributed by atoms with Crippen LogP contribution in [0.4, 0.5) is 16.2 Å². The van der Waals surface area contributed by atoms with Crippen LogP contribution in [0, 0.1) is 45.3 Å². The van der Waals surface area contributed by atoms with Crippen molar-refractivity contribution < 1.29 is 23.7 Å². The summed E-state index contributed by atoms with van der Waals surface area (Å²) < 4.78 is 21.7. The zero-order valence-electron chi connectivity index (χ0n) is 21.0. The van der Waals surface area contributed by atoms with Crippen LogP contribution in [0.1, 0.15) is 47.9 Å². The Morgan fingerprint density at radius 3 is 1.34 bits per heavy atom. The number of nitriles is 4. The molecule has 0 saturated carbocycles. The molecule has 2 aromatic carbocycles. The van der Waals surface area contributed by atoms with Crippen molar-refractivity contribution in [2.24, 2.45) is 0 Å². The highest BCUT2D eigenvalue weighted by molar-refractivity contribution is 5.82. The minimum atomic E-state index is -1.25. The average molecular weight is 513 g/mol. The van der Waals surface area contributed by atoms with Crippen LogP contribution in [0.15, 0.2) is 12.1 Å². The highest BCUT2D eigenvalue weighted by Gasteiger charge is 2.31. The van der Waals surface area contributed by atoms with Crippen LogP contribution in [0.5, 0.6) is 23.0 Å². The van der Waals surface area contributed by atoms with E-state index < -0.39 is 6.16 Å². The molecule has 192 valence electrons. The number of carbonyl (C=O) groups is 1. The summed E-state index contributed by atoms with van der Waals surface area (Å²) in [5.74, 6) is -0.398. The van der Waals surface area contributed by atoms with Crippen molar-refractivity contribution >= 4 is 17.5 Å². The summed E-state index contributed by atoms with van der Waals surface area (Å²) in [5, 5.41) is 39.4. The molecule has 2 fully saturated rings. The monoisotopic (exact) mass is 512 g/mol. The van der Waals surface area contributed by atoms with Gasteiger partial charge < -0.3 is 28.7 Å². The Morgan fingerprint density at radius 1 is 0.684 bits per heavy atom. The Hall–Kier alpha value is -5.13. The molecule has 2 heterocycles. The van der Waals surface area contributed by atoms with Crippen LogP contribution in [0.3, 0.4) is 0 Å². The van der Waals surface area contributed by atoms with Gasteiger partial charge in [0.05, 0.1) is 36.7 Å². The lowest BCUT2D eigenvalue weighted by molar-refractivity contribution is 0.148. The first-order valence-electron chi connectivity index (χ1n) is 12.0. The summed E-state index contributed by atoms with van der Waals surface area (Å²) in [4.78, 5) is 16.9. The molecule has 2 aromatic rings. The Balaban J connectivity index is 1.77. The van der Waals surface area contributed by atoms with Crippen molar-refractivity contribution in [3.8, 4) is 47.3 Å². The van der Waals surface area contributed by atoms with Crippen molar-refractivity contribution in [3.05, 3.63) is 34.4 Å². The normalized spacial score (nSPS) is 14.2. The van der Waals surface area contributed by atoms with Gasteiger partial charge in [0, 0.05) is 38.3 Å². The van der Waals surface area contributed by atoms with Crippen molar-refractivity contribution in [3.63, 3.8) is 0 Å². The third-order valence-electron chi connectivity index (χ3n) is 6.56. The maximum absolute atomic E-state index is 13.1. The van der Waals surface area contributed by atoms with Crippen LogP contribution in [0.2, 0.25) is 0 Å². The zero-order valence-corrected chi connectivity index (χ0v) is 21.0. The van der Waals surface area contributed by atoms with Gasteiger partial charge in [0.1, 0.15) is 35.4 Å². The van der Waals surface area contributed by atoms with E-state index in [0.717, 1.165) is 25.7 Å². The summed E-state index contributed by atoms with van der Waals surface area (Å²) >= 11 is 0. The first-order chi connectivity index (χ1) is 18.5. The van der Waals surface area contributed by atoms with Crippen molar-refractivity contribution in [2.45, 2.75) is 25.7 Å². The molecule has 2 saturated heterocycles. The van der Waals surface area contributed by atoms with Crippen molar-refractivity contribution in [2.75, 3.05) is 50.2 Å². The van der Waals surface area contributed by atoms with Crippen LogP contribution in [-0.2, 0) is 0 Å². The highest BCUT2D eigenvalue weighted by atomic mass is 16.7. The largest absolute Gasteiger partial charge is 0.519 e. The Bertz CT molecular complexity index is 1320. The van der Waals surface area contributed by atoms with Gasteiger partial charge in [-0.05, 0) is 25.7 Å². The van der Waals surface area contributed by atoms with E-state index in [9.17, 15) is 25.8 Å². The van der Waals surface area contributed by atoms with Gasteiger partial charge in [0.25, 0.3) is 0 Å². The highest BCUT2D eigenvalue weighted by Crippen LogP contribution is 2.44. The standard InChI is InChI=1S/C27H24N6O5/c1-35-21-11-17(13-28)23(32-7-3-4-8-32)19(15-30)25(21)37-27(34)38-26-20(16-31)24(33-9-5-6-10-33)18(14-29)12-22(26)36-2/h11-12H,3-10H2,1-2H3. The van der Waals surface area contributed by atoms with Crippen LogP contribution < -0.4 is 28.7 Å². The summed E-state index contributed by atoms with van der Waals surface area (Å²) in [6, 6.07) is 11.1. The van der Waals surface area contributed by atoms with E-state index in [1.54, 1.807) is 0 Å². The molecule has 11 nitrogen and oxygen atoms in total. The maximum atomic E-state index is 13.1. The molecule has 11 heteroatoms. The molecule has 2 aliphatic rings. The Morgan fingerprint density at radius 2 is 1.05 bits per heavy atom. The van der Waals surface area contributed by atoms with Crippen molar-refractivity contribution in [1.29, 1.82) is 21.0 Å². The number of methoxy groups -OCH3 is 2. The number of carbonyl (C=O) groups excluding carboxylic acids is 1. The zero-order chi connectivity index (χ0) is 27.2. The molecule has 0 unspecified atom stereocenters. The molecule has 0 bridgehead atoms. The third kappa shape index (κ3) is 4.66. The van der Waals surface area contributed by atoms with Crippen LogP contribution in [-0.4, -0.2) is 46.6 Å². The quantitative estimate of drug-likeness (QED) is 0.407. The minimum absolute atomic E-state index is 0.00283. The molecule has 0 N–H and O–H groups in total. The molecule has 0 atom stereocenters. The van der Waals surface area contributed by atoms with Gasteiger partial charge in [-0.2, -0.15) is 21.0 Å². The van der Waals surface area contributed by atoms with E-state index in [1.165, 1.54) is 26.4 Å². The predicted octanol–water partition coefficient (Wildman–Crippen LogP) is 3.97. The smallest absolute Gasteiger partial charge is 0.493 e. The minimum Gasteiger partial charge on any atom is -0.493 e. The topological polar surface area (TPSA) is 156 Å². The molecule has 38 heavy (non-hydrogen) atoms. The molecular formula is C27H24N6O5. The molecule has 4 rings (SSSR count). The second kappa shape index (κ2) is 11.3. The summed E-state index contributed by atoms with van der Waals surface area (Å²) in [6.45, 7) is 2.58.